The van der Waals surface area contributed by atoms with Crippen molar-refractivity contribution in [2.75, 3.05) is 46.2 Å². The van der Waals surface area contributed by atoms with Crippen LogP contribution in [-0.2, 0) is 0 Å². The molecule has 0 radical (unpaired) electrons. The van der Waals surface area contributed by atoms with Crippen LogP contribution in [0.25, 0.3) is 39.5 Å². The number of rotatable bonds is 13. The lowest BCUT2D eigenvalue weighted by molar-refractivity contribution is 0.520. The summed E-state index contributed by atoms with van der Waals surface area (Å²) in [6.07, 6.45) is 21.2. The zero-order valence-electron chi connectivity index (χ0n) is 34.7. The summed E-state index contributed by atoms with van der Waals surface area (Å²) in [5, 5.41) is 20.2. The number of hydrogen-bond acceptors (Lipinski definition) is 6. The minimum atomic E-state index is 0.0711. The molecule has 0 aromatic heterocycles. The number of fused-ring (bicyclic) bond motifs is 1. The van der Waals surface area contributed by atoms with E-state index in [4.69, 9.17) is 5.41 Å². The molecule has 292 valence electrons. The zero-order valence-corrected chi connectivity index (χ0v) is 34.7. The van der Waals surface area contributed by atoms with Gasteiger partial charge < -0.3 is 31.6 Å². The molecule has 4 aromatic carbocycles. The lowest BCUT2D eigenvalue weighted by atomic mass is 9.87. The largest absolute Gasteiger partial charge is 0.384 e. The van der Waals surface area contributed by atoms with Crippen LogP contribution in [0.5, 0.6) is 0 Å². The Morgan fingerprint density at radius 1 is 0.786 bits per heavy atom. The molecule has 2 aliphatic rings. The number of hydrogen-bond donors (Lipinski definition) is 5. The van der Waals surface area contributed by atoms with Crippen molar-refractivity contribution in [1.29, 1.82) is 5.41 Å². The number of nitrogens with one attached hydrogen (secondary N) is 5. The SMILES string of the molecule is C/C=C(\C(=C/C)c1ccc(-c2ccc(C(NC)NC)cc2-c2cccc3c2N(C)CC=C3)cc1)c1ccccc1.CC.CNC(C/C=C\C=N)C1=CC=CCN1. The van der Waals surface area contributed by atoms with Gasteiger partial charge in [0.15, 0.2) is 0 Å². The van der Waals surface area contributed by atoms with Gasteiger partial charge in [0.25, 0.3) is 0 Å². The molecule has 0 aliphatic carbocycles. The first-order chi connectivity index (χ1) is 27.5. The quantitative estimate of drug-likeness (QED) is 0.0535. The maximum absolute atomic E-state index is 6.87. The fourth-order valence-electron chi connectivity index (χ4n) is 7.26. The van der Waals surface area contributed by atoms with Gasteiger partial charge in [-0.2, -0.15) is 0 Å². The Balaban J connectivity index is 0.000000366. The molecule has 6 nitrogen and oxygen atoms in total. The van der Waals surface area contributed by atoms with Crippen LogP contribution >= 0.6 is 0 Å². The van der Waals surface area contributed by atoms with Gasteiger partial charge in [-0.05, 0) is 110 Å². The number of likely N-dealkylation sites (N-methyl/N-ethyl adjacent to an activating group) is 2. The minimum absolute atomic E-state index is 0.0711. The molecule has 0 amide bonds. The molecule has 0 saturated carbocycles. The van der Waals surface area contributed by atoms with Gasteiger partial charge in [-0.1, -0.05) is 141 Å². The van der Waals surface area contributed by atoms with E-state index in [2.05, 4.69) is 181 Å². The van der Waals surface area contributed by atoms with Crippen molar-refractivity contribution in [1.82, 2.24) is 21.3 Å². The molecular formula is C50H62N6. The highest BCUT2D eigenvalue weighted by Gasteiger charge is 2.20. The molecule has 1 unspecified atom stereocenters. The number of anilines is 1. The number of allylic oxidation sites excluding steroid dienone is 7. The molecule has 0 saturated heterocycles. The smallest absolute Gasteiger partial charge is 0.0830 e. The second-order valence-corrected chi connectivity index (χ2v) is 13.3. The lowest BCUT2D eigenvalue weighted by Gasteiger charge is -2.28. The van der Waals surface area contributed by atoms with E-state index in [9.17, 15) is 0 Å². The second kappa shape index (κ2) is 22.8. The number of dihydropyridines is 1. The van der Waals surface area contributed by atoms with E-state index in [1.165, 1.54) is 73.3 Å². The monoisotopic (exact) mass is 747 g/mol. The maximum Gasteiger partial charge on any atom is 0.0830 e. The summed E-state index contributed by atoms with van der Waals surface area (Å²) in [5.41, 5.74) is 14.8. The Labute approximate surface area is 337 Å². The van der Waals surface area contributed by atoms with Crippen LogP contribution in [0.4, 0.5) is 5.69 Å². The lowest BCUT2D eigenvalue weighted by Crippen LogP contribution is -2.34. The number of para-hydroxylation sites is 1. The van der Waals surface area contributed by atoms with Crippen molar-refractivity contribution in [3.63, 3.8) is 0 Å². The summed E-state index contributed by atoms with van der Waals surface area (Å²) in [7, 11) is 8.11. The van der Waals surface area contributed by atoms with Crippen molar-refractivity contribution < 1.29 is 0 Å². The van der Waals surface area contributed by atoms with Crippen LogP contribution in [0.1, 0.15) is 62.5 Å². The van der Waals surface area contributed by atoms with Crippen LogP contribution in [0.15, 0.2) is 145 Å². The molecule has 6 rings (SSSR count). The summed E-state index contributed by atoms with van der Waals surface area (Å²) in [6.45, 7) is 10.0. The summed E-state index contributed by atoms with van der Waals surface area (Å²) < 4.78 is 0. The molecular weight excluding hydrogens is 685 g/mol. The normalized spacial score (nSPS) is 14.2. The van der Waals surface area contributed by atoms with Crippen LogP contribution < -0.4 is 26.2 Å². The molecule has 5 N–H and O–H groups in total. The van der Waals surface area contributed by atoms with Crippen molar-refractivity contribution in [3.8, 4) is 22.3 Å². The molecule has 1 atom stereocenters. The van der Waals surface area contributed by atoms with Crippen molar-refractivity contribution in [3.05, 3.63) is 168 Å². The van der Waals surface area contributed by atoms with Crippen LogP contribution in [0, 0.1) is 5.41 Å². The fraction of sp³-hybridized carbons (Fsp3) is 0.260. The zero-order chi connectivity index (χ0) is 40.3. The van der Waals surface area contributed by atoms with E-state index in [0.717, 1.165) is 19.5 Å². The third-order valence-electron chi connectivity index (χ3n) is 9.99. The third kappa shape index (κ3) is 10.8. The first kappa shape index (κ1) is 43.2. The molecule has 56 heavy (non-hydrogen) atoms. The fourth-order valence-corrected chi connectivity index (χ4v) is 7.26. The molecule has 0 bridgehead atoms. The van der Waals surface area contributed by atoms with Gasteiger partial charge >= 0.3 is 0 Å². The van der Waals surface area contributed by atoms with E-state index < -0.39 is 0 Å². The molecule has 6 heteroatoms. The van der Waals surface area contributed by atoms with E-state index in [0.29, 0.717) is 6.04 Å². The predicted molar refractivity (Wildman–Crippen MR) is 246 cm³/mol. The maximum atomic E-state index is 6.87. The highest BCUT2D eigenvalue weighted by atomic mass is 15.1. The Kier molecular flexibility index (Phi) is 17.6. The van der Waals surface area contributed by atoms with E-state index in [1.54, 1.807) is 6.08 Å². The van der Waals surface area contributed by atoms with Crippen molar-refractivity contribution in [2.24, 2.45) is 0 Å². The van der Waals surface area contributed by atoms with Gasteiger partial charge in [-0.15, -0.1) is 0 Å². The molecule has 2 heterocycles. The van der Waals surface area contributed by atoms with Gasteiger partial charge in [0.05, 0.1) is 17.9 Å². The summed E-state index contributed by atoms with van der Waals surface area (Å²) in [4.78, 5) is 2.35. The van der Waals surface area contributed by atoms with Gasteiger partial charge in [0.1, 0.15) is 0 Å². The molecule has 0 fully saturated rings. The standard InChI is InChI=1S/C37H39N3.C11H17N3.C2H6/c1-6-31(26-13-9-8-10-14-26)32(7-2)27-18-20-28(21-19-27)33-23-22-30(37(38-3)39-4)25-35(33)34-17-11-15-29-16-12-24-40(5)36(29)34;1-13-10(6-2-4-8-12)11-7-3-5-9-14-11;1-2/h6-23,25,37-39H,24H2,1-5H3;2-5,7-8,10,12-14H,6,9H2,1H3;1-2H3/b31-6-,32-7-;4-2-,12-8?;. The first-order valence-corrected chi connectivity index (χ1v) is 19.9. The first-order valence-electron chi connectivity index (χ1n) is 19.9. The number of nitrogens with zero attached hydrogens (tertiary/aromatic N) is 1. The average molecular weight is 747 g/mol. The summed E-state index contributed by atoms with van der Waals surface area (Å²) in [6, 6.07) is 33.5. The Morgan fingerprint density at radius 2 is 1.48 bits per heavy atom. The van der Waals surface area contributed by atoms with Crippen LogP contribution in [0.3, 0.4) is 0 Å². The van der Waals surface area contributed by atoms with E-state index >= 15 is 0 Å². The van der Waals surface area contributed by atoms with Crippen molar-refractivity contribution >= 4 is 29.1 Å². The summed E-state index contributed by atoms with van der Waals surface area (Å²) in [5.74, 6) is 0. The topological polar surface area (TPSA) is 75.2 Å². The Bertz CT molecular complexity index is 2030. The minimum Gasteiger partial charge on any atom is -0.384 e. The second-order valence-electron chi connectivity index (χ2n) is 13.3. The van der Waals surface area contributed by atoms with Crippen LogP contribution in [0.2, 0.25) is 0 Å². The summed E-state index contributed by atoms with van der Waals surface area (Å²) >= 11 is 0. The van der Waals surface area contributed by atoms with Gasteiger partial charge in [0, 0.05) is 37.6 Å². The molecule has 4 aromatic rings. The highest BCUT2D eigenvalue weighted by molar-refractivity contribution is 6.05. The van der Waals surface area contributed by atoms with Gasteiger partial charge in [-0.3, -0.25) is 0 Å². The third-order valence-corrected chi connectivity index (χ3v) is 9.99. The predicted octanol–water partition coefficient (Wildman–Crippen LogP) is 10.7. The van der Waals surface area contributed by atoms with E-state index in [1.807, 2.05) is 41.1 Å². The number of benzene rings is 4. The molecule has 0 spiro atoms. The van der Waals surface area contributed by atoms with Gasteiger partial charge in [-0.25, -0.2) is 0 Å². The van der Waals surface area contributed by atoms with Crippen LogP contribution in [-0.4, -0.2) is 53.5 Å². The van der Waals surface area contributed by atoms with E-state index in [-0.39, 0.29) is 6.17 Å². The Hall–Kier alpha value is -5.53. The Morgan fingerprint density at radius 3 is 2.09 bits per heavy atom. The highest BCUT2D eigenvalue weighted by Crippen LogP contribution is 2.42. The van der Waals surface area contributed by atoms with Gasteiger partial charge in [0.2, 0.25) is 0 Å². The van der Waals surface area contributed by atoms with Crippen molar-refractivity contribution in [2.45, 2.75) is 46.3 Å². The average Bonchev–Trinajstić information content (AvgIpc) is 3.26. The molecule has 2 aliphatic heterocycles.